The van der Waals surface area contributed by atoms with Gasteiger partial charge in [-0.05, 0) is 31.7 Å². The van der Waals surface area contributed by atoms with Gasteiger partial charge < -0.3 is 14.8 Å². The number of rotatable bonds is 7. The number of carbonyl (C=O) groups excluding carboxylic acids is 1. The highest BCUT2D eigenvalue weighted by molar-refractivity contribution is 5.76. The third kappa shape index (κ3) is 4.77. The van der Waals surface area contributed by atoms with Gasteiger partial charge in [-0.15, -0.1) is 0 Å². The third-order valence-corrected chi connectivity index (χ3v) is 3.15. The van der Waals surface area contributed by atoms with Gasteiger partial charge in [0.2, 0.25) is 5.91 Å². The molecule has 0 radical (unpaired) electrons. The van der Waals surface area contributed by atoms with Crippen molar-refractivity contribution in [2.24, 2.45) is 0 Å². The average Bonchev–Trinajstić information content (AvgIpc) is 2.98. The Bertz CT molecular complexity index is 416. The number of hydrogen-bond acceptors (Lipinski definition) is 5. The predicted molar refractivity (Wildman–Crippen MR) is 73.5 cm³/mol. The summed E-state index contributed by atoms with van der Waals surface area (Å²) >= 11 is 0. The first-order valence-electron chi connectivity index (χ1n) is 7.10. The molecule has 1 aliphatic heterocycles. The Morgan fingerprint density at radius 1 is 1.50 bits per heavy atom. The van der Waals surface area contributed by atoms with Gasteiger partial charge in [0.05, 0.1) is 12.7 Å². The van der Waals surface area contributed by atoms with E-state index in [4.69, 9.17) is 9.47 Å². The van der Waals surface area contributed by atoms with Crippen LogP contribution in [0, 0.1) is 0 Å². The zero-order chi connectivity index (χ0) is 14.2. The molecule has 110 valence electrons. The normalized spacial score (nSPS) is 17.9. The number of nitrogens with zero attached hydrogens (tertiary/aromatic N) is 2. The Hall–Kier alpha value is -1.69. The van der Waals surface area contributed by atoms with Crippen molar-refractivity contribution in [3.05, 3.63) is 18.0 Å². The molecular weight excluding hydrogens is 258 g/mol. The zero-order valence-electron chi connectivity index (χ0n) is 11.8. The van der Waals surface area contributed by atoms with Crippen LogP contribution in [0.2, 0.25) is 0 Å². The van der Waals surface area contributed by atoms with Gasteiger partial charge >= 0.3 is 6.01 Å². The van der Waals surface area contributed by atoms with E-state index in [1.54, 1.807) is 12.4 Å². The fraction of sp³-hybridized carbons (Fsp3) is 0.643. The Morgan fingerprint density at radius 2 is 2.30 bits per heavy atom. The maximum absolute atomic E-state index is 11.7. The molecule has 1 atom stereocenters. The molecule has 2 rings (SSSR count). The number of ether oxygens (including phenoxy) is 2. The van der Waals surface area contributed by atoms with E-state index in [9.17, 15) is 4.79 Å². The molecular formula is C14H21N3O3. The summed E-state index contributed by atoms with van der Waals surface area (Å²) in [6.07, 6.45) is 6.77. The topological polar surface area (TPSA) is 73.3 Å². The first kappa shape index (κ1) is 14.7. The molecule has 1 aromatic heterocycles. The van der Waals surface area contributed by atoms with Gasteiger partial charge in [0.1, 0.15) is 0 Å². The van der Waals surface area contributed by atoms with E-state index < -0.39 is 0 Å². The van der Waals surface area contributed by atoms with Gasteiger partial charge in [-0.1, -0.05) is 0 Å². The zero-order valence-corrected chi connectivity index (χ0v) is 11.8. The Labute approximate surface area is 118 Å². The highest BCUT2D eigenvalue weighted by atomic mass is 16.5. The van der Waals surface area contributed by atoms with E-state index in [0.29, 0.717) is 32.0 Å². The number of aromatic nitrogens is 2. The van der Waals surface area contributed by atoms with Crippen molar-refractivity contribution in [2.75, 3.05) is 19.8 Å². The highest BCUT2D eigenvalue weighted by Gasteiger charge is 2.15. The summed E-state index contributed by atoms with van der Waals surface area (Å²) in [5, 5.41) is 2.90. The van der Waals surface area contributed by atoms with Crippen LogP contribution in [0.25, 0.3) is 0 Å². The minimum absolute atomic E-state index is 0.0365. The van der Waals surface area contributed by atoms with Crippen molar-refractivity contribution in [1.82, 2.24) is 15.3 Å². The Balaban J connectivity index is 1.66. The lowest BCUT2D eigenvalue weighted by molar-refractivity contribution is -0.121. The number of carbonyl (C=O) groups is 1. The van der Waals surface area contributed by atoms with Crippen LogP contribution < -0.4 is 10.1 Å². The quantitative estimate of drug-likeness (QED) is 0.809. The second kappa shape index (κ2) is 7.79. The van der Waals surface area contributed by atoms with Gasteiger partial charge in [0.25, 0.3) is 0 Å². The monoisotopic (exact) mass is 279 g/mol. The molecule has 1 fully saturated rings. The summed E-state index contributed by atoms with van der Waals surface area (Å²) < 4.78 is 10.6. The first-order chi connectivity index (χ1) is 9.78. The van der Waals surface area contributed by atoms with E-state index in [1.807, 2.05) is 6.92 Å². The molecule has 6 heteroatoms. The minimum atomic E-state index is 0.0365. The van der Waals surface area contributed by atoms with E-state index >= 15 is 0 Å². The molecule has 1 N–H and O–H groups in total. The lowest BCUT2D eigenvalue weighted by Gasteiger charge is -2.10. The summed E-state index contributed by atoms with van der Waals surface area (Å²) in [6.45, 7) is 3.85. The fourth-order valence-electron chi connectivity index (χ4n) is 2.05. The van der Waals surface area contributed by atoms with Crippen LogP contribution >= 0.6 is 0 Å². The lowest BCUT2D eigenvalue weighted by atomic mass is 10.2. The standard InChI is InChI=1S/C14H21N3O3/c1-2-19-14-16-8-11(9-17-14)5-6-13(18)15-10-12-4-3-7-20-12/h8-9,12H,2-7,10H2,1H3,(H,15,18). The van der Waals surface area contributed by atoms with Crippen molar-refractivity contribution in [3.8, 4) is 6.01 Å². The average molecular weight is 279 g/mol. The van der Waals surface area contributed by atoms with Gasteiger partial charge in [0.15, 0.2) is 0 Å². The van der Waals surface area contributed by atoms with Crippen LogP contribution in [0.3, 0.4) is 0 Å². The Kier molecular flexibility index (Phi) is 5.73. The van der Waals surface area contributed by atoms with Crippen molar-refractivity contribution < 1.29 is 14.3 Å². The number of amides is 1. The molecule has 1 amide bonds. The molecule has 0 bridgehead atoms. The highest BCUT2D eigenvalue weighted by Crippen LogP contribution is 2.10. The second-order valence-electron chi connectivity index (χ2n) is 4.75. The molecule has 1 aliphatic rings. The van der Waals surface area contributed by atoms with Crippen LogP contribution in [0.1, 0.15) is 31.7 Å². The minimum Gasteiger partial charge on any atom is -0.464 e. The van der Waals surface area contributed by atoms with Crippen molar-refractivity contribution in [1.29, 1.82) is 0 Å². The van der Waals surface area contributed by atoms with Crippen molar-refractivity contribution in [3.63, 3.8) is 0 Å². The van der Waals surface area contributed by atoms with Crippen molar-refractivity contribution >= 4 is 5.91 Å². The molecule has 1 aromatic rings. The van der Waals surface area contributed by atoms with Crippen LogP contribution in [0.15, 0.2) is 12.4 Å². The van der Waals surface area contributed by atoms with Gasteiger partial charge in [0, 0.05) is 32.0 Å². The molecule has 1 saturated heterocycles. The van der Waals surface area contributed by atoms with E-state index in [2.05, 4.69) is 15.3 Å². The molecule has 0 aliphatic carbocycles. The summed E-state index contributed by atoms with van der Waals surface area (Å²) in [5.41, 5.74) is 0.931. The smallest absolute Gasteiger partial charge is 0.316 e. The molecule has 1 unspecified atom stereocenters. The predicted octanol–water partition coefficient (Wildman–Crippen LogP) is 1.10. The number of nitrogens with one attached hydrogen (secondary N) is 1. The van der Waals surface area contributed by atoms with E-state index in [0.717, 1.165) is 25.0 Å². The third-order valence-electron chi connectivity index (χ3n) is 3.15. The van der Waals surface area contributed by atoms with E-state index in [-0.39, 0.29) is 12.0 Å². The van der Waals surface area contributed by atoms with Gasteiger partial charge in [-0.25, -0.2) is 9.97 Å². The molecule has 2 heterocycles. The van der Waals surface area contributed by atoms with Crippen LogP contribution in [-0.4, -0.2) is 41.7 Å². The van der Waals surface area contributed by atoms with Crippen molar-refractivity contribution in [2.45, 2.75) is 38.7 Å². The van der Waals surface area contributed by atoms with Gasteiger partial charge in [-0.2, -0.15) is 0 Å². The second-order valence-corrected chi connectivity index (χ2v) is 4.75. The fourth-order valence-corrected chi connectivity index (χ4v) is 2.05. The molecule has 0 aromatic carbocycles. The number of aryl methyl sites for hydroxylation is 1. The molecule has 0 saturated carbocycles. The summed E-state index contributed by atoms with van der Waals surface area (Å²) in [4.78, 5) is 19.9. The number of hydrogen-bond donors (Lipinski definition) is 1. The maximum Gasteiger partial charge on any atom is 0.316 e. The lowest BCUT2D eigenvalue weighted by Crippen LogP contribution is -2.31. The maximum atomic E-state index is 11.7. The van der Waals surface area contributed by atoms with Gasteiger partial charge in [-0.3, -0.25) is 4.79 Å². The molecule has 0 spiro atoms. The van der Waals surface area contributed by atoms with Crippen LogP contribution in [0.4, 0.5) is 0 Å². The van der Waals surface area contributed by atoms with Crippen LogP contribution in [-0.2, 0) is 16.0 Å². The summed E-state index contributed by atoms with van der Waals surface area (Å²) in [5.74, 6) is 0.0365. The SMILES string of the molecule is CCOc1ncc(CCC(=O)NCC2CCCO2)cn1. The van der Waals surface area contributed by atoms with Crippen LogP contribution in [0.5, 0.6) is 6.01 Å². The summed E-state index contributed by atoms with van der Waals surface area (Å²) in [6, 6.07) is 0.374. The molecule has 20 heavy (non-hydrogen) atoms. The first-order valence-corrected chi connectivity index (χ1v) is 7.10. The summed E-state index contributed by atoms with van der Waals surface area (Å²) in [7, 11) is 0. The largest absolute Gasteiger partial charge is 0.464 e. The molecule has 6 nitrogen and oxygen atoms in total. The van der Waals surface area contributed by atoms with E-state index in [1.165, 1.54) is 0 Å². The Morgan fingerprint density at radius 3 is 2.95 bits per heavy atom.